The summed E-state index contributed by atoms with van der Waals surface area (Å²) >= 11 is 0. The van der Waals surface area contributed by atoms with Gasteiger partial charge in [-0.05, 0) is 6.07 Å². The SMILES string of the molecule is c1cc(C2=NCCN2)co1. The molecule has 10 heavy (non-hydrogen) atoms. The molecule has 0 amide bonds. The maximum absolute atomic E-state index is 4.91. The lowest BCUT2D eigenvalue weighted by Gasteiger charge is -1.94. The van der Waals surface area contributed by atoms with Gasteiger partial charge in [0, 0.05) is 6.54 Å². The highest BCUT2D eigenvalue weighted by atomic mass is 16.3. The number of aliphatic imine (C=N–C) groups is 1. The van der Waals surface area contributed by atoms with Crippen LogP contribution in [0.15, 0.2) is 28.0 Å². The summed E-state index contributed by atoms with van der Waals surface area (Å²) in [6, 6.07) is 1.90. The highest BCUT2D eigenvalue weighted by Crippen LogP contribution is 2.02. The third-order valence-electron chi connectivity index (χ3n) is 1.47. The monoisotopic (exact) mass is 136 g/mol. The Labute approximate surface area is 58.8 Å². The van der Waals surface area contributed by atoms with Crippen molar-refractivity contribution in [3.05, 3.63) is 24.2 Å². The average Bonchev–Trinajstić information content (AvgIpc) is 2.59. The first-order valence-corrected chi connectivity index (χ1v) is 3.28. The lowest BCUT2D eigenvalue weighted by atomic mass is 10.3. The molecule has 1 aliphatic heterocycles. The molecule has 0 atom stereocenters. The molecule has 0 saturated carbocycles. The molecule has 52 valence electrons. The Kier molecular flexibility index (Phi) is 1.20. The molecule has 3 heteroatoms. The van der Waals surface area contributed by atoms with E-state index in [9.17, 15) is 0 Å². The number of nitrogens with zero attached hydrogens (tertiary/aromatic N) is 1. The molecule has 2 heterocycles. The molecule has 0 aliphatic carbocycles. The fourth-order valence-electron chi connectivity index (χ4n) is 0.990. The lowest BCUT2D eigenvalue weighted by molar-refractivity contribution is 0.566. The molecule has 1 aromatic heterocycles. The molecule has 0 unspecified atom stereocenters. The summed E-state index contributed by atoms with van der Waals surface area (Å²) in [6.45, 7) is 1.82. The first-order chi connectivity index (χ1) is 4.97. The molecule has 1 aliphatic rings. The predicted molar refractivity (Wildman–Crippen MR) is 38.1 cm³/mol. The van der Waals surface area contributed by atoms with Gasteiger partial charge in [0.25, 0.3) is 0 Å². The van der Waals surface area contributed by atoms with Gasteiger partial charge in [0.05, 0.1) is 18.4 Å². The Balaban J connectivity index is 2.28. The van der Waals surface area contributed by atoms with Crippen molar-refractivity contribution in [1.29, 1.82) is 0 Å². The highest BCUT2D eigenvalue weighted by Gasteiger charge is 2.07. The first kappa shape index (κ1) is 5.53. The van der Waals surface area contributed by atoms with E-state index >= 15 is 0 Å². The second-order valence-electron chi connectivity index (χ2n) is 2.17. The van der Waals surface area contributed by atoms with Gasteiger partial charge in [0.1, 0.15) is 12.1 Å². The largest absolute Gasteiger partial charge is 0.472 e. The molecular formula is C7H8N2O. The van der Waals surface area contributed by atoms with Crippen LogP contribution in [0.4, 0.5) is 0 Å². The number of nitrogens with one attached hydrogen (secondary N) is 1. The second-order valence-corrected chi connectivity index (χ2v) is 2.17. The third-order valence-corrected chi connectivity index (χ3v) is 1.47. The molecule has 0 bridgehead atoms. The zero-order valence-corrected chi connectivity index (χ0v) is 5.50. The van der Waals surface area contributed by atoms with Gasteiger partial charge in [-0.3, -0.25) is 4.99 Å². The van der Waals surface area contributed by atoms with E-state index in [1.807, 2.05) is 6.07 Å². The zero-order valence-electron chi connectivity index (χ0n) is 5.50. The Morgan fingerprint density at radius 3 is 3.20 bits per heavy atom. The van der Waals surface area contributed by atoms with Gasteiger partial charge >= 0.3 is 0 Å². The molecule has 0 fully saturated rings. The van der Waals surface area contributed by atoms with Crippen LogP contribution in [0.2, 0.25) is 0 Å². The third kappa shape index (κ3) is 0.795. The molecule has 3 nitrogen and oxygen atoms in total. The smallest absolute Gasteiger partial charge is 0.131 e. The molecule has 1 aromatic rings. The van der Waals surface area contributed by atoms with Crippen molar-refractivity contribution < 1.29 is 4.42 Å². The number of hydrogen-bond acceptors (Lipinski definition) is 3. The summed E-state index contributed by atoms with van der Waals surface area (Å²) in [5.74, 6) is 0.953. The second kappa shape index (κ2) is 2.17. The van der Waals surface area contributed by atoms with Gasteiger partial charge < -0.3 is 9.73 Å². The van der Waals surface area contributed by atoms with Crippen LogP contribution in [-0.4, -0.2) is 18.9 Å². The maximum atomic E-state index is 4.91. The van der Waals surface area contributed by atoms with Gasteiger partial charge in [0.2, 0.25) is 0 Å². The summed E-state index contributed by atoms with van der Waals surface area (Å²) in [6.07, 6.45) is 3.34. The molecule has 0 aromatic carbocycles. The Bertz CT molecular complexity index is 238. The van der Waals surface area contributed by atoms with Crippen LogP contribution in [0.5, 0.6) is 0 Å². The van der Waals surface area contributed by atoms with E-state index in [2.05, 4.69) is 10.3 Å². The zero-order chi connectivity index (χ0) is 6.81. The van der Waals surface area contributed by atoms with Crippen molar-refractivity contribution in [1.82, 2.24) is 5.32 Å². The number of furan rings is 1. The van der Waals surface area contributed by atoms with Gasteiger partial charge in [-0.1, -0.05) is 0 Å². The summed E-state index contributed by atoms with van der Waals surface area (Å²) in [7, 11) is 0. The van der Waals surface area contributed by atoms with Crippen LogP contribution in [0.1, 0.15) is 5.56 Å². The minimum atomic E-state index is 0.876. The average molecular weight is 136 g/mol. The van der Waals surface area contributed by atoms with Crippen LogP contribution in [0.3, 0.4) is 0 Å². The predicted octanol–water partition coefficient (Wildman–Crippen LogP) is 0.629. The maximum Gasteiger partial charge on any atom is 0.131 e. The van der Waals surface area contributed by atoms with Gasteiger partial charge in [-0.15, -0.1) is 0 Å². The molecule has 0 saturated heterocycles. The summed E-state index contributed by atoms with van der Waals surface area (Å²) in [4.78, 5) is 4.22. The van der Waals surface area contributed by atoms with E-state index in [0.717, 1.165) is 24.5 Å². The Morgan fingerprint density at radius 2 is 2.60 bits per heavy atom. The normalized spacial score (nSPS) is 16.6. The minimum absolute atomic E-state index is 0.876. The first-order valence-electron chi connectivity index (χ1n) is 3.28. The van der Waals surface area contributed by atoms with E-state index in [1.165, 1.54) is 0 Å². The fourth-order valence-corrected chi connectivity index (χ4v) is 0.990. The number of amidine groups is 1. The quantitative estimate of drug-likeness (QED) is 0.614. The van der Waals surface area contributed by atoms with Crippen LogP contribution in [0, 0.1) is 0 Å². The minimum Gasteiger partial charge on any atom is -0.472 e. The summed E-state index contributed by atoms with van der Waals surface area (Å²) in [5.41, 5.74) is 1.04. The molecule has 0 radical (unpaired) electrons. The van der Waals surface area contributed by atoms with Gasteiger partial charge in [0.15, 0.2) is 0 Å². The molecule has 1 N–H and O–H groups in total. The van der Waals surface area contributed by atoms with Crippen molar-refractivity contribution in [2.45, 2.75) is 0 Å². The van der Waals surface area contributed by atoms with Crippen molar-refractivity contribution in [2.24, 2.45) is 4.99 Å². The summed E-state index contributed by atoms with van der Waals surface area (Å²) < 4.78 is 4.91. The molecule has 0 spiro atoms. The van der Waals surface area contributed by atoms with E-state index in [1.54, 1.807) is 12.5 Å². The lowest BCUT2D eigenvalue weighted by Crippen LogP contribution is -2.18. The van der Waals surface area contributed by atoms with Crippen molar-refractivity contribution in [2.75, 3.05) is 13.1 Å². The standard InChI is InChI=1S/C7H8N2O/c1-4-10-5-6(1)7-8-2-3-9-7/h1,4-5H,2-3H2,(H,8,9). The van der Waals surface area contributed by atoms with E-state index in [0.29, 0.717) is 0 Å². The Hall–Kier alpha value is -1.25. The van der Waals surface area contributed by atoms with Crippen molar-refractivity contribution in [3.8, 4) is 0 Å². The van der Waals surface area contributed by atoms with Gasteiger partial charge in [-0.2, -0.15) is 0 Å². The van der Waals surface area contributed by atoms with E-state index in [-0.39, 0.29) is 0 Å². The van der Waals surface area contributed by atoms with Crippen LogP contribution in [-0.2, 0) is 0 Å². The van der Waals surface area contributed by atoms with Crippen molar-refractivity contribution in [3.63, 3.8) is 0 Å². The number of hydrogen-bond donors (Lipinski definition) is 1. The van der Waals surface area contributed by atoms with Crippen LogP contribution < -0.4 is 5.32 Å². The van der Waals surface area contributed by atoms with Crippen LogP contribution in [0.25, 0.3) is 0 Å². The molecule has 2 rings (SSSR count). The Morgan fingerprint density at radius 1 is 1.60 bits per heavy atom. The van der Waals surface area contributed by atoms with Gasteiger partial charge in [-0.25, -0.2) is 0 Å². The van der Waals surface area contributed by atoms with Crippen molar-refractivity contribution >= 4 is 5.84 Å². The van der Waals surface area contributed by atoms with E-state index in [4.69, 9.17) is 4.42 Å². The topological polar surface area (TPSA) is 37.5 Å². The highest BCUT2D eigenvalue weighted by molar-refractivity contribution is 5.99. The number of rotatable bonds is 1. The summed E-state index contributed by atoms with van der Waals surface area (Å²) in [5, 5.41) is 3.15. The van der Waals surface area contributed by atoms with Crippen LogP contribution >= 0.6 is 0 Å². The van der Waals surface area contributed by atoms with E-state index < -0.39 is 0 Å². The molecular weight excluding hydrogens is 128 g/mol. The fraction of sp³-hybridized carbons (Fsp3) is 0.286.